The Morgan fingerprint density at radius 3 is 2.93 bits per heavy atom. The first-order chi connectivity index (χ1) is 13.5. The Bertz CT molecular complexity index is 1000. The van der Waals surface area contributed by atoms with E-state index in [4.69, 9.17) is 4.74 Å². The third-order valence-corrected chi connectivity index (χ3v) is 5.10. The number of tetrazole rings is 1. The quantitative estimate of drug-likeness (QED) is 0.612. The molecule has 8 heteroatoms. The highest BCUT2D eigenvalue weighted by Crippen LogP contribution is 2.21. The lowest BCUT2D eigenvalue weighted by Gasteiger charge is -2.14. The van der Waals surface area contributed by atoms with Crippen molar-refractivity contribution in [1.82, 2.24) is 24.8 Å². The number of ketones is 1. The molecular weight excluding hydrogens is 361 g/mol. The minimum Gasteiger partial charge on any atom is -0.376 e. The Hall–Kier alpha value is -2.87. The van der Waals surface area contributed by atoms with E-state index in [-0.39, 0.29) is 30.1 Å². The minimum atomic E-state index is -0.372. The SMILES string of the molecule is Cc1cc(C(=O)Cn2nnc(-c3cccc(F)c3)n2)c(C)n1C[C@@H]1CCCO1. The molecule has 0 amide bonds. The first kappa shape index (κ1) is 18.5. The van der Waals surface area contributed by atoms with Crippen LogP contribution in [0.1, 0.15) is 34.6 Å². The van der Waals surface area contributed by atoms with Gasteiger partial charge in [-0.05, 0) is 50.1 Å². The van der Waals surface area contributed by atoms with Crippen LogP contribution in [0.3, 0.4) is 0 Å². The maximum Gasteiger partial charge on any atom is 0.205 e. The Morgan fingerprint density at radius 1 is 1.32 bits per heavy atom. The van der Waals surface area contributed by atoms with Crippen LogP contribution in [0.4, 0.5) is 4.39 Å². The van der Waals surface area contributed by atoms with Gasteiger partial charge in [0, 0.05) is 35.7 Å². The van der Waals surface area contributed by atoms with Gasteiger partial charge in [0.25, 0.3) is 0 Å². The smallest absolute Gasteiger partial charge is 0.205 e. The predicted molar refractivity (Wildman–Crippen MR) is 100 cm³/mol. The van der Waals surface area contributed by atoms with Crippen LogP contribution in [0, 0.1) is 19.7 Å². The van der Waals surface area contributed by atoms with Gasteiger partial charge in [-0.1, -0.05) is 12.1 Å². The number of benzene rings is 1. The van der Waals surface area contributed by atoms with Gasteiger partial charge in [-0.2, -0.15) is 4.80 Å². The fraction of sp³-hybridized carbons (Fsp3) is 0.400. The molecule has 1 aliphatic heterocycles. The summed E-state index contributed by atoms with van der Waals surface area (Å²) in [6.07, 6.45) is 2.34. The molecule has 0 bridgehead atoms. The van der Waals surface area contributed by atoms with E-state index in [2.05, 4.69) is 20.0 Å². The van der Waals surface area contributed by atoms with Crippen molar-refractivity contribution in [3.63, 3.8) is 0 Å². The molecule has 7 nitrogen and oxygen atoms in total. The summed E-state index contributed by atoms with van der Waals surface area (Å²) in [7, 11) is 0. The van der Waals surface area contributed by atoms with Crippen molar-refractivity contribution >= 4 is 5.78 Å². The fourth-order valence-electron chi connectivity index (χ4n) is 3.62. The second-order valence-electron chi connectivity index (χ2n) is 7.11. The largest absolute Gasteiger partial charge is 0.376 e. The number of aromatic nitrogens is 5. The van der Waals surface area contributed by atoms with Gasteiger partial charge >= 0.3 is 0 Å². The highest BCUT2D eigenvalue weighted by molar-refractivity contribution is 5.97. The zero-order valence-electron chi connectivity index (χ0n) is 15.9. The summed E-state index contributed by atoms with van der Waals surface area (Å²) in [5.74, 6) is -0.172. The molecule has 3 heterocycles. The van der Waals surface area contributed by atoms with E-state index in [1.807, 2.05) is 19.9 Å². The number of aryl methyl sites for hydroxylation is 1. The third kappa shape index (κ3) is 3.73. The van der Waals surface area contributed by atoms with Crippen molar-refractivity contribution in [1.29, 1.82) is 0 Å². The Morgan fingerprint density at radius 2 is 2.18 bits per heavy atom. The molecule has 1 aromatic carbocycles. The summed E-state index contributed by atoms with van der Waals surface area (Å²) in [5.41, 5.74) is 3.13. The highest BCUT2D eigenvalue weighted by atomic mass is 19.1. The Balaban J connectivity index is 1.50. The van der Waals surface area contributed by atoms with E-state index < -0.39 is 0 Å². The van der Waals surface area contributed by atoms with Crippen LogP contribution in [0.15, 0.2) is 30.3 Å². The monoisotopic (exact) mass is 383 g/mol. The number of carbonyl (C=O) groups excluding carboxylic acids is 1. The van der Waals surface area contributed by atoms with E-state index in [1.165, 1.54) is 16.9 Å². The summed E-state index contributed by atoms with van der Waals surface area (Å²) in [5, 5.41) is 12.1. The van der Waals surface area contributed by atoms with Crippen molar-refractivity contribution in [2.24, 2.45) is 0 Å². The third-order valence-electron chi connectivity index (χ3n) is 5.10. The lowest BCUT2D eigenvalue weighted by Crippen LogP contribution is -2.18. The zero-order valence-corrected chi connectivity index (χ0v) is 15.9. The second-order valence-corrected chi connectivity index (χ2v) is 7.11. The van der Waals surface area contributed by atoms with Crippen molar-refractivity contribution < 1.29 is 13.9 Å². The van der Waals surface area contributed by atoms with E-state index in [1.54, 1.807) is 12.1 Å². The van der Waals surface area contributed by atoms with Gasteiger partial charge in [-0.3, -0.25) is 4.79 Å². The summed E-state index contributed by atoms with van der Waals surface area (Å²) in [6.45, 7) is 5.49. The lowest BCUT2D eigenvalue weighted by atomic mass is 10.1. The lowest BCUT2D eigenvalue weighted by molar-refractivity contribution is 0.0943. The molecule has 146 valence electrons. The molecule has 0 N–H and O–H groups in total. The first-order valence-electron chi connectivity index (χ1n) is 9.36. The van der Waals surface area contributed by atoms with E-state index >= 15 is 0 Å². The van der Waals surface area contributed by atoms with Gasteiger partial charge in [0.1, 0.15) is 12.4 Å². The highest BCUT2D eigenvalue weighted by Gasteiger charge is 2.21. The fourth-order valence-corrected chi connectivity index (χ4v) is 3.62. The zero-order chi connectivity index (χ0) is 19.7. The Kier molecular flexibility index (Phi) is 5.04. The van der Waals surface area contributed by atoms with Crippen LogP contribution >= 0.6 is 0 Å². The molecule has 4 rings (SSSR count). The molecule has 28 heavy (non-hydrogen) atoms. The van der Waals surface area contributed by atoms with Crippen LogP contribution in [0.5, 0.6) is 0 Å². The van der Waals surface area contributed by atoms with E-state index in [0.717, 1.165) is 37.4 Å². The topological polar surface area (TPSA) is 74.8 Å². The minimum absolute atomic E-state index is 0.0213. The standard InChI is InChI=1S/C20H22FN5O2/c1-13-9-18(14(2)25(13)11-17-7-4-8-28-17)19(27)12-26-23-20(22-24-26)15-5-3-6-16(21)10-15/h3,5-6,9-10,17H,4,7-8,11-12H2,1-2H3/t17-/m0/s1. The molecule has 1 atom stereocenters. The number of hydrogen-bond donors (Lipinski definition) is 0. The van der Waals surface area contributed by atoms with Crippen LogP contribution in [-0.4, -0.2) is 43.3 Å². The normalized spacial score (nSPS) is 16.6. The predicted octanol–water partition coefficient (Wildman–Crippen LogP) is 2.96. The molecule has 0 radical (unpaired) electrons. The van der Waals surface area contributed by atoms with Crippen molar-refractivity contribution in [3.8, 4) is 11.4 Å². The van der Waals surface area contributed by atoms with Crippen molar-refractivity contribution in [3.05, 3.63) is 53.1 Å². The van der Waals surface area contributed by atoms with Crippen LogP contribution in [-0.2, 0) is 17.8 Å². The summed E-state index contributed by atoms with van der Waals surface area (Å²) >= 11 is 0. The maximum absolute atomic E-state index is 13.4. The summed E-state index contributed by atoms with van der Waals surface area (Å²) in [6, 6.07) is 7.87. The van der Waals surface area contributed by atoms with E-state index in [0.29, 0.717) is 11.1 Å². The molecule has 0 spiro atoms. The average Bonchev–Trinajstić information content (AvgIpc) is 3.40. The van der Waals surface area contributed by atoms with Crippen molar-refractivity contribution in [2.45, 2.75) is 45.9 Å². The number of nitrogens with zero attached hydrogens (tertiary/aromatic N) is 5. The molecular formula is C20H22FN5O2. The number of halogens is 1. The van der Waals surface area contributed by atoms with Gasteiger partial charge in [0.15, 0.2) is 5.78 Å². The van der Waals surface area contributed by atoms with Gasteiger partial charge in [-0.15, -0.1) is 10.2 Å². The molecule has 1 aliphatic rings. The van der Waals surface area contributed by atoms with Gasteiger partial charge < -0.3 is 9.30 Å². The van der Waals surface area contributed by atoms with Crippen LogP contribution in [0.2, 0.25) is 0 Å². The molecule has 3 aromatic rings. The Labute approximate surface area is 162 Å². The number of carbonyl (C=O) groups is 1. The van der Waals surface area contributed by atoms with Crippen molar-refractivity contribution in [2.75, 3.05) is 6.61 Å². The number of hydrogen-bond acceptors (Lipinski definition) is 5. The number of ether oxygens (including phenoxy) is 1. The molecule has 0 unspecified atom stereocenters. The number of Topliss-reactive ketones (excluding diaryl/α,β-unsaturated/α-hetero) is 1. The molecule has 1 saturated heterocycles. The molecule has 0 saturated carbocycles. The van der Waals surface area contributed by atoms with E-state index in [9.17, 15) is 9.18 Å². The van der Waals surface area contributed by atoms with Gasteiger partial charge in [-0.25, -0.2) is 4.39 Å². The maximum atomic E-state index is 13.4. The number of rotatable bonds is 6. The van der Waals surface area contributed by atoms with Gasteiger partial charge in [0.2, 0.25) is 5.82 Å². The molecule has 0 aliphatic carbocycles. The summed E-state index contributed by atoms with van der Waals surface area (Å²) < 4.78 is 21.2. The second kappa shape index (κ2) is 7.63. The summed E-state index contributed by atoms with van der Waals surface area (Å²) in [4.78, 5) is 14.0. The first-order valence-corrected chi connectivity index (χ1v) is 9.36. The van der Waals surface area contributed by atoms with Crippen LogP contribution < -0.4 is 0 Å². The van der Waals surface area contributed by atoms with Crippen LogP contribution in [0.25, 0.3) is 11.4 Å². The van der Waals surface area contributed by atoms with Gasteiger partial charge in [0.05, 0.1) is 6.10 Å². The average molecular weight is 383 g/mol. The molecule has 2 aromatic heterocycles. The molecule has 1 fully saturated rings.